The molecule has 2 aromatic rings. The predicted molar refractivity (Wildman–Crippen MR) is 88.9 cm³/mol. The number of carboxylic acids is 1. The SMILES string of the molecule is Cc1cc(-c2ccc(Cl)cc2C(=O)O)c(O)c(C(C)(C)C)c1. The van der Waals surface area contributed by atoms with Crippen molar-refractivity contribution in [2.75, 3.05) is 0 Å². The van der Waals surface area contributed by atoms with Gasteiger partial charge in [0.05, 0.1) is 5.56 Å². The molecule has 0 saturated carbocycles. The van der Waals surface area contributed by atoms with Gasteiger partial charge in [0, 0.05) is 16.1 Å². The minimum Gasteiger partial charge on any atom is -0.507 e. The van der Waals surface area contributed by atoms with Crippen LogP contribution in [-0.4, -0.2) is 16.2 Å². The number of hydrogen-bond acceptors (Lipinski definition) is 2. The molecule has 2 aromatic carbocycles. The number of halogens is 1. The van der Waals surface area contributed by atoms with E-state index in [4.69, 9.17) is 11.6 Å². The summed E-state index contributed by atoms with van der Waals surface area (Å²) in [7, 11) is 0. The van der Waals surface area contributed by atoms with Crippen LogP contribution < -0.4 is 0 Å². The van der Waals surface area contributed by atoms with Crippen molar-refractivity contribution in [3.8, 4) is 16.9 Å². The number of aryl methyl sites for hydroxylation is 1. The highest BCUT2D eigenvalue weighted by molar-refractivity contribution is 6.31. The maximum Gasteiger partial charge on any atom is 0.336 e. The molecule has 0 aliphatic carbocycles. The van der Waals surface area contributed by atoms with E-state index in [1.165, 1.54) is 6.07 Å². The van der Waals surface area contributed by atoms with Crippen LogP contribution in [0.15, 0.2) is 30.3 Å². The zero-order chi connectivity index (χ0) is 16.7. The van der Waals surface area contributed by atoms with Gasteiger partial charge in [-0.25, -0.2) is 4.79 Å². The van der Waals surface area contributed by atoms with Crippen LogP contribution in [-0.2, 0) is 5.41 Å². The predicted octanol–water partition coefficient (Wildman–Crippen LogP) is 5.02. The lowest BCUT2D eigenvalue weighted by Crippen LogP contribution is -2.12. The monoisotopic (exact) mass is 318 g/mol. The molecule has 2 rings (SSSR count). The van der Waals surface area contributed by atoms with Gasteiger partial charge in [-0.05, 0) is 41.7 Å². The Kier molecular flexibility index (Phi) is 4.21. The number of carboxylic acid groups (broad SMARTS) is 1. The standard InChI is InChI=1S/C18H19ClO3/c1-10-7-13(16(20)15(8-10)18(2,3)4)12-6-5-11(19)9-14(12)17(21)22/h5-9,20H,1-4H3,(H,21,22). The minimum absolute atomic E-state index is 0.0771. The molecule has 0 radical (unpaired) electrons. The van der Waals surface area contributed by atoms with E-state index >= 15 is 0 Å². The number of rotatable bonds is 2. The smallest absolute Gasteiger partial charge is 0.336 e. The van der Waals surface area contributed by atoms with Gasteiger partial charge in [0.2, 0.25) is 0 Å². The van der Waals surface area contributed by atoms with Crippen LogP contribution in [0.5, 0.6) is 5.75 Å². The number of carbonyl (C=O) groups is 1. The Balaban J connectivity index is 2.79. The van der Waals surface area contributed by atoms with Crippen molar-refractivity contribution in [2.45, 2.75) is 33.1 Å². The minimum atomic E-state index is -1.07. The van der Waals surface area contributed by atoms with Crippen LogP contribution in [0.4, 0.5) is 0 Å². The van der Waals surface area contributed by atoms with Crippen LogP contribution in [0.2, 0.25) is 5.02 Å². The second-order valence-corrected chi connectivity index (χ2v) is 6.89. The lowest BCUT2D eigenvalue weighted by molar-refractivity contribution is 0.0697. The summed E-state index contributed by atoms with van der Waals surface area (Å²) in [6, 6.07) is 8.38. The summed E-state index contributed by atoms with van der Waals surface area (Å²) in [5, 5.41) is 20.4. The third kappa shape index (κ3) is 3.09. The Hall–Kier alpha value is -2.00. The summed E-state index contributed by atoms with van der Waals surface area (Å²) < 4.78 is 0. The maximum absolute atomic E-state index is 11.5. The Morgan fingerprint density at radius 2 is 1.73 bits per heavy atom. The molecule has 0 aliphatic heterocycles. The van der Waals surface area contributed by atoms with E-state index in [2.05, 4.69) is 0 Å². The summed E-state index contributed by atoms with van der Waals surface area (Å²) >= 11 is 5.90. The van der Waals surface area contributed by atoms with E-state index in [0.29, 0.717) is 16.1 Å². The van der Waals surface area contributed by atoms with Crippen LogP contribution in [0, 0.1) is 6.92 Å². The second kappa shape index (κ2) is 5.65. The van der Waals surface area contributed by atoms with E-state index in [0.717, 1.165) is 11.1 Å². The number of benzene rings is 2. The first-order chi connectivity index (χ1) is 10.1. The zero-order valence-electron chi connectivity index (χ0n) is 13.1. The molecular weight excluding hydrogens is 300 g/mol. The highest BCUT2D eigenvalue weighted by atomic mass is 35.5. The zero-order valence-corrected chi connectivity index (χ0v) is 13.8. The van der Waals surface area contributed by atoms with E-state index in [1.807, 2.05) is 33.8 Å². The lowest BCUT2D eigenvalue weighted by atomic mass is 9.82. The normalized spacial score (nSPS) is 11.5. The molecule has 0 saturated heterocycles. The van der Waals surface area contributed by atoms with Gasteiger partial charge < -0.3 is 10.2 Å². The van der Waals surface area contributed by atoms with E-state index < -0.39 is 5.97 Å². The molecule has 0 amide bonds. The highest BCUT2D eigenvalue weighted by Crippen LogP contribution is 2.41. The van der Waals surface area contributed by atoms with E-state index in [9.17, 15) is 15.0 Å². The van der Waals surface area contributed by atoms with Crippen LogP contribution in [0.3, 0.4) is 0 Å². The molecular formula is C18H19ClO3. The van der Waals surface area contributed by atoms with Crippen molar-refractivity contribution in [2.24, 2.45) is 0 Å². The molecule has 0 bridgehead atoms. The number of aromatic hydroxyl groups is 1. The van der Waals surface area contributed by atoms with E-state index in [1.54, 1.807) is 18.2 Å². The second-order valence-electron chi connectivity index (χ2n) is 6.45. The largest absolute Gasteiger partial charge is 0.507 e. The van der Waals surface area contributed by atoms with Gasteiger partial charge in [-0.2, -0.15) is 0 Å². The molecule has 116 valence electrons. The average Bonchev–Trinajstić information content (AvgIpc) is 2.40. The molecule has 2 N–H and O–H groups in total. The van der Waals surface area contributed by atoms with Crippen molar-refractivity contribution < 1.29 is 15.0 Å². The van der Waals surface area contributed by atoms with Gasteiger partial charge >= 0.3 is 5.97 Å². The van der Waals surface area contributed by atoms with Gasteiger partial charge in [0.25, 0.3) is 0 Å². The quantitative estimate of drug-likeness (QED) is 0.817. The van der Waals surface area contributed by atoms with Crippen molar-refractivity contribution in [3.05, 3.63) is 52.0 Å². The van der Waals surface area contributed by atoms with Gasteiger partial charge in [0.15, 0.2) is 0 Å². The molecule has 4 heteroatoms. The number of phenols is 1. The van der Waals surface area contributed by atoms with Gasteiger partial charge in [0.1, 0.15) is 5.75 Å². The topological polar surface area (TPSA) is 57.5 Å². The first kappa shape index (κ1) is 16.4. The molecule has 0 spiro atoms. The van der Waals surface area contributed by atoms with Crippen molar-refractivity contribution in [1.82, 2.24) is 0 Å². The Bertz CT molecular complexity index is 743. The summed E-state index contributed by atoms with van der Waals surface area (Å²) in [5.41, 5.74) is 2.55. The third-order valence-corrected chi connectivity index (χ3v) is 3.80. The number of hydrogen-bond donors (Lipinski definition) is 2. The van der Waals surface area contributed by atoms with Gasteiger partial charge in [-0.1, -0.05) is 44.5 Å². The van der Waals surface area contributed by atoms with Crippen LogP contribution in [0.1, 0.15) is 42.3 Å². The molecule has 0 aliphatic rings. The Morgan fingerprint density at radius 3 is 2.27 bits per heavy atom. The van der Waals surface area contributed by atoms with Crippen molar-refractivity contribution in [1.29, 1.82) is 0 Å². The molecule has 0 fully saturated rings. The van der Waals surface area contributed by atoms with Gasteiger partial charge in [-0.3, -0.25) is 0 Å². The molecule has 0 heterocycles. The fourth-order valence-corrected chi connectivity index (χ4v) is 2.66. The molecule has 0 unspecified atom stereocenters. The van der Waals surface area contributed by atoms with Gasteiger partial charge in [-0.15, -0.1) is 0 Å². The summed E-state index contributed by atoms with van der Waals surface area (Å²) in [6.45, 7) is 7.94. The molecule has 0 atom stereocenters. The fourth-order valence-electron chi connectivity index (χ4n) is 2.48. The Labute approximate surface area is 135 Å². The first-order valence-electron chi connectivity index (χ1n) is 6.98. The highest BCUT2D eigenvalue weighted by Gasteiger charge is 2.23. The fraction of sp³-hybridized carbons (Fsp3) is 0.278. The number of phenolic OH excluding ortho intramolecular Hbond substituents is 1. The average molecular weight is 319 g/mol. The third-order valence-electron chi connectivity index (χ3n) is 3.56. The lowest BCUT2D eigenvalue weighted by Gasteiger charge is -2.23. The first-order valence-corrected chi connectivity index (χ1v) is 7.36. The summed E-state index contributed by atoms with van der Waals surface area (Å²) in [5.74, 6) is -0.960. The Morgan fingerprint density at radius 1 is 1.09 bits per heavy atom. The van der Waals surface area contributed by atoms with E-state index in [-0.39, 0.29) is 16.7 Å². The number of aromatic carboxylic acids is 1. The molecule has 0 aromatic heterocycles. The summed E-state index contributed by atoms with van der Waals surface area (Å²) in [6.07, 6.45) is 0. The van der Waals surface area contributed by atoms with Crippen molar-refractivity contribution >= 4 is 17.6 Å². The molecule has 22 heavy (non-hydrogen) atoms. The van der Waals surface area contributed by atoms with Crippen LogP contribution in [0.25, 0.3) is 11.1 Å². The van der Waals surface area contributed by atoms with Crippen molar-refractivity contribution in [3.63, 3.8) is 0 Å². The molecule has 3 nitrogen and oxygen atoms in total. The maximum atomic E-state index is 11.5. The van der Waals surface area contributed by atoms with Crippen LogP contribution >= 0.6 is 11.6 Å². The summed E-state index contributed by atoms with van der Waals surface area (Å²) in [4.78, 5) is 11.5.